The van der Waals surface area contributed by atoms with E-state index >= 15 is 0 Å². The van der Waals surface area contributed by atoms with E-state index in [0.717, 1.165) is 65.0 Å². The van der Waals surface area contributed by atoms with Crippen LogP contribution in [0.1, 0.15) is 136 Å². The zero-order chi connectivity index (χ0) is 37.6. The molecule has 0 bridgehead atoms. The Morgan fingerprint density at radius 2 is 0.560 bits per heavy atom. The van der Waals surface area contributed by atoms with Gasteiger partial charge in [-0.15, -0.1) is 0 Å². The molecule has 0 spiro atoms. The number of rotatable bonds is 17. The van der Waals surface area contributed by atoms with Crippen LogP contribution in [0.15, 0.2) is 0 Å². The molecular formula is C34H70N4O8P4. The lowest BCUT2D eigenvalue weighted by Crippen LogP contribution is -2.41. The highest BCUT2D eigenvalue weighted by atomic mass is 31.2. The number of hydrogen-bond acceptors (Lipinski definition) is 12. The summed E-state index contributed by atoms with van der Waals surface area (Å²) in [6, 6.07) is 0. The fraction of sp³-hybridized carbons (Fsp3) is 1.00. The molecule has 4 aliphatic rings. The lowest BCUT2D eigenvalue weighted by atomic mass is 9.90. The second-order valence-electron chi connectivity index (χ2n) is 17.9. The minimum Gasteiger partial charge on any atom is -0.313 e. The molecule has 0 aliphatic carbocycles. The fourth-order valence-electron chi connectivity index (χ4n) is 4.93. The van der Waals surface area contributed by atoms with E-state index in [2.05, 4.69) is 130 Å². The van der Waals surface area contributed by atoms with Crippen LogP contribution in [0.5, 0.6) is 0 Å². The summed E-state index contributed by atoms with van der Waals surface area (Å²) in [6.07, 6.45) is 3.87. The van der Waals surface area contributed by atoms with Crippen LogP contribution >= 0.6 is 34.1 Å². The molecule has 0 amide bonds. The van der Waals surface area contributed by atoms with Gasteiger partial charge in [0.05, 0.1) is 44.8 Å². The van der Waals surface area contributed by atoms with E-state index in [0.29, 0.717) is 0 Å². The van der Waals surface area contributed by atoms with Crippen molar-refractivity contribution in [3.8, 4) is 0 Å². The van der Waals surface area contributed by atoms with Crippen molar-refractivity contribution in [3.05, 3.63) is 0 Å². The number of nitrogens with zero attached hydrogens (tertiary/aromatic N) is 2. The molecule has 4 heterocycles. The van der Waals surface area contributed by atoms with Crippen LogP contribution in [0.4, 0.5) is 0 Å². The van der Waals surface area contributed by atoms with Gasteiger partial charge in [0.25, 0.3) is 34.1 Å². The summed E-state index contributed by atoms with van der Waals surface area (Å²) in [6.45, 7) is 38.8. The Morgan fingerprint density at radius 1 is 0.340 bits per heavy atom. The Kier molecular flexibility index (Phi) is 14.1. The van der Waals surface area contributed by atoms with Crippen molar-refractivity contribution in [2.45, 2.75) is 181 Å². The minimum absolute atomic E-state index is 0.330. The van der Waals surface area contributed by atoms with E-state index in [4.69, 9.17) is 36.2 Å². The second kappa shape index (κ2) is 16.0. The molecule has 50 heavy (non-hydrogen) atoms. The summed E-state index contributed by atoms with van der Waals surface area (Å²) in [5, 5.41) is 7.03. The zero-order valence-electron chi connectivity index (χ0n) is 34.0. The first-order chi connectivity index (χ1) is 22.7. The summed E-state index contributed by atoms with van der Waals surface area (Å²) in [5.74, 6) is 0. The molecule has 12 nitrogen and oxygen atoms in total. The van der Waals surface area contributed by atoms with Gasteiger partial charge in [0.15, 0.2) is 0 Å². The molecule has 2 N–H and O–H groups in total. The van der Waals surface area contributed by atoms with Crippen LogP contribution in [-0.4, -0.2) is 93.4 Å². The van der Waals surface area contributed by atoms with Crippen LogP contribution in [0, 0.1) is 0 Å². The van der Waals surface area contributed by atoms with Crippen LogP contribution in [0.3, 0.4) is 0 Å². The Morgan fingerprint density at radius 3 is 0.820 bits per heavy atom. The van der Waals surface area contributed by atoms with Gasteiger partial charge in [-0.05, 0) is 136 Å². The van der Waals surface area contributed by atoms with Gasteiger partial charge in [-0.1, -0.05) is 0 Å². The van der Waals surface area contributed by atoms with Crippen molar-refractivity contribution in [1.82, 2.24) is 19.5 Å². The van der Waals surface area contributed by atoms with E-state index in [9.17, 15) is 0 Å². The fourth-order valence-corrected chi connectivity index (χ4v) is 12.7. The largest absolute Gasteiger partial charge is 0.313 e. The van der Waals surface area contributed by atoms with Gasteiger partial charge in [-0.3, -0.25) is 10.2 Å². The average molecular weight is 787 g/mol. The normalized spacial score (nSPS) is 28.4. The second-order valence-corrected chi connectivity index (χ2v) is 23.1. The van der Waals surface area contributed by atoms with Crippen molar-refractivity contribution in [3.63, 3.8) is 0 Å². The van der Waals surface area contributed by atoms with E-state index < -0.39 is 34.1 Å². The Bertz CT molecular complexity index is 993. The topological polar surface area (TPSA) is 104 Å². The monoisotopic (exact) mass is 786 g/mol. The molecular weight excluding hydrogens is 716 g/mol. The minimum atomic E-state index is -1.18. The maximum Gasteiger partial charge on any atom is 0.259 e. The lowest BCUT2D eigenvalue weighted by Gasteiger charge is -2.29. The molecule has 0 aromatic rings. The van der Waals surface area contributed by atoms with Crippen LogP contribution in [0.25, 0.3) is 0 Å². The molecule has 16 heteroatoms. The van der Waals surface area contributed by atoms with Gasteiger partial charge >= 0.3 is 0 Å². The van der Waals surface area contributed by atoms with Crippen molar-refractivity contribution in [1.29, 1.82) is 0 Å². The van der Waals surface area contributed by atoms with Crippen molar-refractivity contribution in [2.75, 3.05) is 39.3 Å². The molecule has 4 fully saturated rings. The lowest BCUT2D eigenvalue weighted by molar-refractivity contribution is 0.00578. The van der Waals surface area contributed by atoms with E-state index in [1.165, 1.54) is 0 Å². The smallest absolute Gasteiger partial charge is 0.259 e. The van der Waals surface area contributed by atoms with E-state index in [-0.39, 0.29) is 44.8 Å². The molecule has 4 aliphatic heterocycles. The standard InChI is InChI=1S/C34H70N4O8P4/c1-27(2)28(3,4)40-47(39-27)35-21-19-25-37(49-43-31(9,10)32(11,12)44-49)23-17-18-24-38(50-45-33(13,14)34(15,16)46-50)26-20-22-36-48-41-29(5,6)30(7,8)42-48/h35-36H,17-26H2,1-16H3. The van der Waals surface area contributed by atoms with Gasteiger partial charge in [0, 0.05) is 39.3 Å². The third-order valence-electron chi connectivity index (χ3n) is 11.5. The summed E-state index contributed by atoms with van der Waals surface area (Å²) in [4.78, 5) is 0. The molecule has 4 rings (SSSR count). The third kappa shape index (κ3) is 10.2. The maximum atomic E-state index is 6.58. The van der Waals surface area contributed by atoms with Gasteiger partial charge in [-0.25, -0.2) is 9.34 Å². The quantitative estimate of drug-likeness (QED) is 0.108. The van der Waals surface area contributed by atoms with E-state index in [1.807, 2.05) is 0 Å². The SMILES string of the molecule is CC1(C)OP(NCCCN(CCCCN(CCCNP2OC(C)(C)C(C)(C)O2)P2OC(C)(C)C(C)(C)O2)P2OC(C)(C)C(C)(C)O2)OC1(C)C. The molecule has 0 aromatic carbocycles. The van der Waals surface area contributed by atoms with Gasteiger partial charge in [0.1, 0.15) is 0 Å². The first-order valence-corrected chi connectivity index (χ1v) is 23.0. The van der Waals surface area contributed by atoms with Crippen LogP contribution in [0.2, 0.25) is 0 Å². The van der Waals surface area contributed by atoms with E-state index in [1.54, 1.807) is 0 Å². The predicted octanol–water partition coefficient (Wildman–Crippen LogP) is 9.65. The highest BCUT2D eigenvalue weighted by Crippen LogP contribution is 2.62. The summed E-state index contributed by atoms with van der Waals surface area (Å²) < 4.78 is 56.0. The Labute approximate surface area is 309 Å². The van der Waals surface area contributed by atoms with Gasteiger partial charge in [-0.2, -0.15) is 0 Å². The molecule has 0 unspecified atom stereocenters. The highest BCUT2D eigenvalue weighted by Gasteiger charge is 2.54. The molecule has 0 radical (unpaired) electrons. The number of hydrogen-bond donors (Lipinski definition) is 2. The first kappa shape index (κ1) is 44.0. The Balaban J connectivity index is 1.31. The van der Waals surface area contributed by atoms with Crippen molar-refractivity contribution in [2.24, 2.45) is 0 Å². The van der Waals surface area contributed by atoms with Crippen LogP contribution < -0.4 is 10.2 Å². The summed E-state index contributed by atoms with van der Waals surface area (Å²) in [7, 11) is -4.60. The molecule has 294 valence electrons. The van der Waals surface area contributed by atoms with Crippen LogP contribution in [-0.2, 0) is 36.2 Å². The number of nitrogens with one attached hydrogen (secondary N) is 2. The summed E-state index contributed by atoms with van der Waals surface area (Å²) >= 11 is 0. The predicted molar refractivity (Wildman–Crippen MR) is 207 cm³/mol. The van der Waals surface area contributed by atoms with Crippen molar-refractivity contribution >= 4 is 34.1 Å². The van der Waals surface area contributed by atoms with Crippen molar-refractivity contribution < 1.29 is 36.2 Å². The third-order valence-corrected chi connectivity index (χ3v) is 19.1. The molecule has 0 atom stereocenters. The Hall–Kier alpha value is 1.24. The molecule has 4 saturated heterocycles. The average Bonchev–Trinajstić information content (AvgIpc) is 3.48. The first-order valence-electron chi connectivity index (χ1n) is 18.4. The summed E-state index contributed by atoms with van der Waals surface area (Å²) in [5.41, 5.74) is -2.79. The molecule has 0 aromatic heterocycles. The van der Waals surface area contributed by atoms with Gasteiger partial charge in [0.2, 0.25) is 0 Å². The zero-order valence-corrected chi connectivity index (χ0v) is 37.6. The molecule has 0 saturated carbocycles. The maximum absolute atomic E-state index is 6.58. The highest BCUT2D eigenvalue weighted by molar-refractivity contribution is 7.46. The van der Waals surface area contributed by atoms with Gasteiger partial charge < -0.3 is 36.2 Å². The number of unbranched alkanes of at least 4 members (excludes halogenated alkanes) is 1.